The molecule has 4 heteroatoms. The fourth-order valence-electron chi connectivity index (χ4n) is 1.12. The van der Waals surface area contributed by atoms with Crippen molar-refractivity contribution in [2.24, 2.45) is 4.99 Å². The Balaban J connectivity index is 2.51. The minimum absolute atomic E-state index is 0.960. The van der Waals surface area contributed by atoms with Gasteiger partial charge in [0, 0.05) is 24.7 Å². The molecule has 0 saturated heterocycles. The van der Waals surface area contributed by atoms with Gasteiger partial charge in [0.25, 0.3) is 0 Å². The van der Waals surface area contributed by atoms with Gasteiger partial charge in [0.05, 0.1) is 0 Å². The Hall–Kier alpha value is -0.610. The number of rotatable bonds is 3. The molecule has 0 atom stereocenters. The number of nitrogens with one attached hydrogen (secondary N) is 1. The zero-order chi connectivity index (χ0) is 11.1. The molecule has 0 aliphatic heterocycles. The SMILES string of the molecule is CN=C(NC)SCc1ccc(SC)cc1. The van der Waals surface area contributed by atoms with E-state index in [1.165, 1.54) is 10.5 Å². The lowest BCUT2D eigenvalue weighted by atomic mass is 10.2. The average Bonchev–Trinajstić information content (AvgIpc) is 2.31. The third-order valence-corrected chi connectivity index (χ3v) is 3.83. The third kappa shape index (κ3) is 4.18. The van der Waals surface area contributed by atoms with Crippen LogP contribution in [0, 0.1) is 0 Å². The molecule has 0 fully saturated rings. The van der Waals surface area contributed by atoms with Crippen LogP contribution in [0.25, 0.3) is 0 Å². The summed E-state index contributed by atoms with van der Waals surface area (Å²) in [6.45, 7) is 0. The van der Waals surface area contributed by atoms with Crippen LogP contribution in [-0.2, 0) is 5.75 Å². The van der Waals surface area contributed by atoms with Crippen LogP contribution >= 0.6 is 23.5 Å². The van der Waals surface area contributed by atoms with E-state index in [4.69, 9.17) is 0 Å². The van der Waals surface area contributed by atoms with Crippen LogP contribution in [0.3, 0.4) is 0 Å². The highest BCUT2D eigenvalue weighted by molar-refractivity contribution is 8.13. The van der Waals surface area contributed by atoms with E-state index in [9.17, 15) is 0 Å². The van der Waals surface area contributed by atoms with Gasteiger partial charge in [0.1, 0.15) is 0 Å². The average molecular weight is 240 g/mol. The first-order valence-corrected chi connectivity index (χ1v) is 6.91. The minimum atomic E-state index is 0.960. The van der Waals surface area contributed by atoms with E-state index in [0.717, 1.165) is 10.9 Å². The monoisotopic (exact) mass is 240 g/mol. The van der Waals surface area contributed by atoms with Crippen molar-refractivity contribution in [3.05, 3.63) is 29.8 Å². The van der Waals surface area contributed by atoms with Crippen LogP contribution < -0.4 is 5.32 Å². The molecule has 1 aromatic rings. The molecule has 0 aliphatic carbocycles. The molecular weight excluding hydrogens is 224 g/mol. The molecular formula is C11H16N2S2. The largest absolute Gasteiger partial charge is 0.368 e. The summed E-state index contributed by atoms with van der Waals surface area (Å²) in [5, 5.41) is 4.03. The summed E-state index contributed by atoms with van der Waals surface area (Å²) in [5.74, 6) is 0.960. The van der Waals surface area contributed by atoms with Crippen LogP contribution in [-0.4, -0.2) is 25.5 Å². The fraction of sp³-hybridized carbons (Fsp3) is 0.364. The van der Waals surface area contributed by atoms with Gasteiger partial charge in [-0.15, -0.1) is 11.8 Å². The molecule has 0 bridgehead atoms. The summed E-state index contributed by atoms with van der Waals surface area (Å²) in [7, 11) is 3.70. The van der Waals surface area contributed by atoms with E-state index in [0.29, 0.717) is 0 Å². The Bertz CT molecular complexity index is 320. The summed E-state index contributed by atoms with van der Waals surface area (Å²) in [6.07, 6.45) is 2.09. The molecule has 0 aromatic heterocycles. The highest BCUT2D eigenvalue weighted by atomic mass is 32.2. The number of nitrogens with zero attached hydrogens (tertiary/aromatic N) is 1. The van der Waals surface area contributed by atoms with E-state index in [1.807, 2.05) is 7.05 Å². The molecule has 0 aliphatic rings. The number of benzene rings is 1. The number of amidine groups is 1. The van der Waals surface area contributed by atoms with Crippen molar-refractivity contribution >= 4 is 28.7 Å². The van der Waals surface area contributed by atoms with Crippen LogP contribution in [0.5, 0.6) is 0 Å². The van der Waals surface area contributed by atoms with Crippen molar-refractivity contribution in [1.82, 2.24) is 5.32 Å². The zero-order valence-electron chi connectivity index (χ0n) is 9.28. The van der Waals surface area contributed by atoms with Crippen molar-refractivity contribution in [3.8, 4) is 0 Å². The first-order chi connectivity index (χ1) is 7.30. The molecule has 15 heavy (non-hydrogen) atoms. The molecule has 2 nitrogen and oxygen atoms in total. The quantitative estimate of drug-likeness (QED) is 0.499. The maximum Gasteiger partial charge on any atom is 0.156 e. The molecule has 82 valence electrons. The van der Waals surface area contributed by atoms with Gasteiger partial charge in [-0.2, -0.15) is 0 Å². The second-order valence-corrected chi connectivity index (χ2v) is 4.76. The van der Waals surface area contributed by atoms with Crippen molar-refractivity contribution in [2.75, 3.05) is 20.4 Å². The van der Waals surface area contributed by atoms with Gasteiger partial charge in [-0.25, -0.2) is 0 Å². The second-order valence-electron chi connectivity index (χ2n) is 2.92. The molecule has 1 aromatic carbocycles. The van der Waals surface area contributed by atoms with E-state index in [-0.39, 0.29) is 0 Å². The lowest BCUT2D eigenvalue weighted by molar-refractivity contribution is 1.18. The highest BCUT2D eigenvalue weighted by Gasteiger charge is 1.98. The summed E-state index contributed by atoms with van der Waals surface area (Å²) in [6, 6.07) is 8.65. The van der Waals surface area contributed by atoms with E-state index < -0.39 is 0 Å². The Morgan fingerprint density at radius 3 is 2.47 bits per heavy atom. The Morgan fingerprint density at radius 1 is 1.33 bits per heavy atom. The van der Waals surface area contributed by atoms with E-state index >= 15 is 0 Å². The van der Waals surface area contributed by atoms with Gasteiger partial charge in [0.15, 0.2) is 5.17 Å². The summed E-state index contributed by atoms with van der Waals surface area (Å²) < 4.78 is 0. The van der Waals surface area contributed by atoms with Crippen molar-refractivity contribution in [3.63, 3.8) is 0 Å². The van der Waals surface area contributed by atoms with Crippen LogP contribution in [0.1, 0.15) is 5.56 Å². The first kappa shape index (κ1) is 12.5. The molecule has 0 spiro atoms. The molecule has 0 amide bonds. The van der Waals surface area contributed by atoms with E-state index in [1.54, 1.807) is 30.6 Å². The Morgan fingerprint density at radius 2 is 2.00 bits per heavy atom. The summed E-state index contributed by atoms with van der Waals surface area (Å²) >= 11 is 3.49. The second kappa shape index (κ2) is 6.80. The van der Waals surface area contributed by atoms with Crippen LogP contribution in [0.2, 0.25) is 0 Å². The standard InChI is InChI=1S/C11H16N2S2/c1-12-11(13-2)15-8-9-4-6-10(14-3)7-5-9/h4-7H,8H2,1-3H3,(H,12,13). The lowest BCUT2D eigenvalue weighted by Crippen LogP contribution is -2.13. The van der Waals surface area contributed by atoms with Gasteiger partial charge >= 0.3 is 0 Å². The van der Waals surface area contributed by atoms with Crippen molar-refractivity contribution in [1.29, 1.82) is 0 Å². The van der Waals surface area contributed by atoms with E-state index in [2.05, 4.69) is 40.8 Å². The Labute approximate surface area is 99.9 Å². The topological polar surface area (TPSA) is 24.4 Å². The smallest absolute Gasteiger partial charge is 0.156 e. The van der Waals surface area contributed by atoms with Gasteiger partial charge < -0.3 is 5.32 Å². The first-order valence-electron chi connectivity index (χ1n) is 4.70. The normalized spacial score (nSPS) is 11.5. The summed E-state index contributed by atoms with van der Waals surface area (Å²) in [4.78, 5) is 5.43. The number of aliphatic imine (C=N–C) groups is 1. The molecule has 0 saturated carbocycles. The fourth-order valence-corrected chi connectivity index (χ4v) is 2.30. The van der Waals surface area contributed by atoms with Gasteiger partial charge in [-0.05, 0) is 24.0 Å². The molecule has 1 rings (SSSR count). The van der Waals surface area contributed by atoms with Crippen LogP contribution in [0.4, 0.5) is 0 Å². The molecule has 0 heterocycles. The summed E-state index contributed by atoms with van der Waals surface area (Å²) in [5.41, 5.74) is 1.33. The molecule has 0 unspecified atom stereocenters. The number of hydrogen-bond acceptors (Lipinski definition) is 3. The lowest BCUT2D eigenvalue weighted by Gasteiger charge is -2.04. The predicted molar refractivity (Wildman–Crippen MR) is 71.9 cm³/mol. The van der Waals surface area contributed by atoms with Crippen molar-refractivity contribution < 1.29 is 0 Å². The molecule has 0 radical (unpaired) electrons. The predicted octanol–water partition coefficient (Wildman–Crippen LogP) is 2.85. The maximum absolute atomic E-state index is 4.12. The number of thioether (sulfide) groups is 2. The van der Waals surface area contributed by atoms with Crippen molar-refractivity contribution in [2.45, 2.75) is 10.6 Å². The van der Waals surface area contributed by atoms with Gasteiger partial charge in [0.2, 0.25) is 0 Å². The van der Waals surface area contributed by atoms with Gasteiger partial charge in [-0.1, -0.05) is 23.9 Å². The molecule has 1 N–H and O–H groups in total. The number of hydrogen-bond donors (Lipinski definition) is 1. The van der Waals surface area contributed by atoms with Gasteiger partial charge in [-0.3, -0.25) is 4.99 Å². The van der Waals surface area contributed by atoms with Crippen LogP contribution in [0.15, 0.2) is 34.2 Å². The Kier molecular flexibility index (Phi) is 5.65. The highest BCUT2D eigenvalue weighted by Crippen LogP contribution is 2.18. The third-order valence-electron chi connectivity index (χ3n) is 1.95. The zero-order valence-corrected chi connectivity index (χ0v) is 10.9. The maximum atomic E-state index is 4.12. The minimum Gasteiger partial charge on any atom is -0.368 e.